The second-order valence-corrected chi connectivity index (χ2v) is 5.59. The third-order valence-corrected chi connectivity index (χ3v) is 4.01. The topological polar surface area (TPSA) is 47.0 Å². The molecule has 0 fully saturated rings. The Hall–Kier alpha value is -1.98. The molecule has 0 amide bonds. The molecule has 0 unspecified atom stereocenters. The lowest BCUT2D eigenvalue weighted by molar-refractivity contribution is 0.300. The largest absolute Gasteiger partial charge is 0.477 e. The van der Waals surface area contributed by atoms with Crippen LogP contribution in [0, 0.1) is 0 Å². The first-order chi connectivity index (χ1) is 10.4. The lowest BCUT2D eigenvalue weighted by atomic mass is 10.2. The average Bonchev–Trinajstić information content (AvgIpc) is 3.01. The van der Waals surface area contributed by atoms with Crippen molar-refractivity contribution in [2.24, 2.45) is 0 Å². The summed E-state index contributed by atoms with van der Waals surface area (Å²) in [5.74, 6) is 0.693. The number of thiophene rings is 1. The van der Waals surface area contributed by atoms with Gasteiger partial charge in [-0.2, -0.15) is 0 Å². The van der Waals surface area contributed by atoms with Crippen LogP contribution in [-0.2, 0) is 6.54 Å². The Labute approximate surface area is 127 Å². The minimum atomic E-state index is 0.659. The molecule has 2 heterocycles. The monoisotopic (exact) mass is 299 g/mol. The van der Waals surface area contributed by atoms with Crippen molar-refractivity contribution in [3.63, 3.8) is 0 Å². The Morgan fingerprint density at radius 3 is 2.90 bits per heavy atom. The normalized spacial score (nSPS) is 10.9. The molecule has 2 aromatic heterocycles. The summed E-state index contributed by atoms with van der Waals surface area (Å²) in [6.45, 7) is 2.48. The zero-order chi connectivity index (χ0) is 14.3. The molecular weight excluding hydrogens is 282 g/mol. The zero-order valence-corrected chi connectivity index (χ0v) is 12.5. The van der Waals surface area contributed by atoms with Gasteiger partial charge in [-0.15, -0.1) is 11.3 Å². The number of aromatic nitrogens is 2. The van der Waals surface area contributed by atoms with Crippen LogP contribution in [-0.4, -0.2) is 23.1 Å². The Balaban J connectivity index is 1.40. The lowest BCUT2D eigenvalue weighted by Gasteiger charge is -2.07. The Kier molecular flexibility index (Phi) is 4.76. The minimum absolute atomic E-state index is 0.659. The first-order valence-corrected chi connectivity index (χ1v) is 7.87. The molecule has 0 aliphatic heterocycles. The molecule has 0 radical (unpaired) electrons. The van der Waals surface area contributed by atoms with Gasteiger partial charge in [0.1, 0.15) is 11.0 Å². The van der Waals surface area contributed by atoms with Crippen molar-refractivity contribution in [1.82, 2.24) is 15.3 Å². The minimum Gasteiger partial charge on any atom is -0.477 e. The molecule has 5 heteroatoms. The van der Waals surface area contributed by atoms with E-state index in [-0.39, 0.29) is 0 Å². The molecule has 0 atom stereocenters. The fourth-order valence-corrected chi connectivity index (χ4v) is 2.85. The Morgan fingerprint density at radius 2 is 2.00 bits per heavy atom. The van der Waals surface area contributed by atoms with Crippen LogP contribution in [0.1, 0.15) is 12.0 Å². The Morgan fingerprint density at radius 1 is 1.10 bits per heavy atom. The van der Waals surface area contributed by atoms with E-state index in [2.05, 4.69) is 39.6 Å². The molecule has 0 aliphatic carbocycles. The molecular formula is C16H17N3OS. The van der Waals surface area contributed by atoms with Crippen molar-refractivity contribution in [3.05, 3.63) is 53.7 Å². The second kappa shape index (κ2) is 7.15. The molecule has 3 aromatic rings. The van der Waals surface area contributed by atoms with E-state index in [9.17, 15) is 0 Å². The van der Waals surface area contributed by atoms with Crippen LogP contribution in [0.5, 0.6) is 5.88 Å². The number of ether oxygens (including phenoxy) is 1. The van der Waals surface area contributed by atoms with Crippen LogP contribution >= 0.6 is 11.3 Å². The summed E-state index contributed by atoms with van der Waals surface area (Å²) in [4.78, 5) is 8.40. The van der Waals surface area contributed by atoms with E-state index < -0.39 is 0 Å². The van der Waals surface area contributed by atoms with E-state index in [1.165, 1.54) is 5.56 Å². The summed E-state index contributed by atoms with van der Waals surface area (Å²) in [5.41, 5.74) is 2.25. The fraction of sp³-hybridized carbons (Fsp3) is 0.250. The molecule has 108 valence electrons. The van der Waals surface area contributed by atoms with Gasteiger partial charge in [0.15, 0.2) is 0 Å². The van der Waals surface area contributed by atoms with Gasteiger partial charge in [0.25, 0.3) is 0 Å². The summed E-state index contributed by atoms with van der Waals surface area (Å²) in [6.07, 6.45) is 2.50. The van der Waals surface area contributed by atoms with Gasteiger partial charge in [0, 0.05) is 6.54 Å². The summed E-state index contributed by atoms with van der Waals surface area (Å²) >= 11 is 1.61. The molecule has 0 aliphatic rings. The predicted molar refractivity (Wildman–Crippen MR) is 85.7 cm³/mol. The van der Waals surface area contributed by atoms with Crippen LogP contribution < -0.4 is 10.1 Å². The summed E-state index contributed by atoms with van der Waals surface area (Å²) in [6, 6.07) is 12.4. The van der Waals surface area contributed by atoms with E-state index in [1.54, 1.807) is 17.7 Å². The molecule has 4 nitrogen and oxygen atoms in total. The van der Waals surface area contributed by atoms with E-state index in [4.69, 9.17) is 4.74 Å². The molecule has 1 N–H and O–H groups in total. The third kappa shape index (κ3) is 3.77. The number of nitrogens with one attached hydrogen (secondary N) is 1. The summed E-state index contributed by atoms with van der Waals surface area (Å²) in [5, 5.41) is 5.42. The van der Waals surface area contributed by atoms with Gasteiger partial charge in [-0.3, -0.25) is 0 Å². The first-order valence-electron chi connectivity index (χ1n) is 6.99. The number of nitrogens with zero attached hydrogens (tertiary/aromatic N) is 2. The second-order valence-electron chi connectivity index (χ2n) is 4.68. The number of rotatable bonds is 7. The lowest BCUT2D eigenvalue weighted by Crippen LogP contribution is -2.17. The number of fused-ring (bicyclic) bond motifs is 1. The highest BCUT2D eigenvalue weighted by Crippen LogP contribution is 2.26. The average molecular weight is 299 g/mol. The van der Waals surface area contributed by atoms with E-state index in [0.717, 1.165) is 29.7 Å². The van der Waals surface area contributed by atoms with Crippen molar-refractivity contribution in [2.75, 3.05) is 13.2 Å². The maximum atomic E-state index is 5.75. The smallest absolute Gasteiger partial charge is 0.234 e. The van der Waals surface area contributed by atoms with Gasteiger partial charge in [0.05, 0.1) is 12.1 Å². The summed E-state index contributed by atoms with van der Waals surface area (Å²) in [7, 11) is 0. The van der Waals surface area contributed by atoms with Gasteiger partial charge in [-0.25, -0.2) is 9.97 Å². The quantitative estimate of drug-likeness (QED) is 0.680. The van der Waals surface area contributed by atoms with E-state index >= 15 is 0 Å². The molecule has 0 bridgehead atoms. The van der Waals surface area contributed by atoms with Gasteiger partial charge in [-0.1, -0.05) is 30.3 Å². The van der Waals surface area contributed by atoms with Crippen molar-refractivity contribution in [1.29, 1.82) is 0 Å². The highest BCUT2D eigenvalue weighted by atomic mass is 32.1. The van der Waals surface area contributed by atoms with Gasteiger partial charge >= 0.3 is 0 Å². The first kappa shape index (κ1) is 14.0. The zero-order valence-electron chi connectivity index (χ0n) is 11.7. The van der Waals surface area contributed by atoms with Crippen LogP contribution in [0.25, 0.3) is 10.2 Å². The number of benzene rings is 1. The summed E-state index contributed by atoms with van der Waals surface area (Å²) < 4.78 is 6.77. The van der Waals surface area contributed by atoms with Crippen LogP contribution in [0.2, 0.25) is 0 Å². The third-order valence-electron chi connectivity index (χ3n) is 3.12. The van der Waals surface area contributed by atoms with Crippen LogP contribution in [0.3, 0.4) is 0 Å². The van der Waals surface area contributed by atoms with Crippen LogP contribution in [0.4, 0.5) is 0 Å². The maximum Gasteiger partial charge on any atom is 0.234 e. The van der Waals surface area contributed by atoms with Crippen molar-refractivity contribution in [3.8, 4) is 5.88 Å². The molecule has 0 saturated carbocycles. The molecule has 21 heavy (non-hydrogen) atoms. The maximum absolute atomic E-state index is 5.75. The highest BCUT2D eigenvalue weighted by Gasteiger charge is 2.05. The van der Waals surface area contributed by atoms with Crippen molar-refractivity contribution >= 4 is 21.6 Å². The molecule has 0 spiro atoms. The highest BCUT2D eigenvalue weighted by molar-refractivity contribution is 7.17. The van der Waals surface area contributed by atoms with E-state index in [1.807, 2.05) is 17.5 Å². The molecule has 1 aromatic carbocycles. The molecule has 3 rings (SSSR count). The van der Waals surface area contributed by atoms with E-state index in [0.29, 0.717) is 12.5 Å². The Bertz CT molecular complexity index is 684. The predicted octanol–water partition coefficient (Wildman–Crippen LogP) is 3.25. The van der Waals surface area contributed by atoms with Crippen LogP contribution in [0.15, 0.2) is 48.1 Å². The standard InChI is InChI=1S/C16H17N3OS/c1-2-5-13(6-3-1)11-17-8-4-9-20-16-15-14(7-10-21-15)18-12-19-16/h1-3,5-7,10,12,17H,4,8-9,11H2. The van der Waals surface area contributed by atoms with Gasteiger partial charge in [-0.05, 0) is 30.0 Å². The van der Waals surface area contributed by atoms with Crippen molar-refractivity contribution in [2.45, 2.75) is 13.0 Å². The SMILES string of the molecule is c1ccc(CNCCCOc2ncnc3ccsc23)cc1. The number of hydrogen-bond acceptors (Lipinski definition) is 5. The fourth-order valence-electron chi connectivity index (χ4n) is 2.06. The number of hydrogen-bond donors (Lipinski definition) is 1. The van der Waals surface area contributed by atoms with Gasteiger partial charge in [0.2, 0.25) is 5.88 Å². The molecule has 0 saturated heterocycles. The van der Waals surface area contributed by atoms with Gasteiger partial charge < -0.3 is 10.1 Å². The van der Waals surface area contributed by atoms with Crippen molar-refractivity contribution < 1.29 is 4.74 Å².